The van der Waals surface area contributed by atoms with Crippen LogP contribution >= 0.6 is 0 Å². The van der Waals surface area contributed by atoms with Crippen LogP contribution in [0.5, 0.6) is 0 Å². The van der Waals surface area contributed by atoms with Crippen molar-refractivity contribution in [1.29, 1.82) is 0 Å². The van der Waals surface area contributed by atoms with E-state index in [0.717, 1.165) is 6.07 Å². The number of nitrogens with one attached hydrogen (secondary N) is 1. The Morgan fingerprint density at radius 3 is 2.61 bits per heavy atom. The molecule has 0 bridgehead atoms. The molecule has 1 heterocycles. The third kappa shape index (κ3) is 2.37. The zero-order valence-corrected chi connectivity index (χ0v) is 9.01. The summed E-state index contributed by atoms with van der Waals surface area (Å²) in [4.78, 5) is 22.2. The number of halogens is 1. The molecule has 0 saturated heterocycles. The SMILES string of the molecule is O=C(O)c1ccc(NC(=O)c2ccco2)c(F)c1. The maximum atomic E-state index is 13.5. The molecule has 0 fully saturated rings. The normalized spacial score (nSPS) is 10.1. The molecule has 5 nitrogen and oxygen atoms in total. The number of carbonyl (C=O) groups is 2. The Kier molecular flexibility index (Phi) is 3.09. The quantitative estimate of drug-likeness (QED) is 0.875. The fraction of sp³-hybridized carbons (Fsp3) is 0. The Bertz CT molecular complexity index is 592. The first-order chi connectivity index (χ1) is 8.58. The Balaban J connectivity index is 2.20. The Morgan fingerprint density at radius 1 is 1.28 bits per heavy atom. The minimum absolute atomic E-state index is 0.0386. The maximum absolute atomic E-state index is 13.5. The summed E-state index contributed by atoms with van der Waals surface area (Å²) < 4.78 is 18.3. The molecule has 0 atom stereocenters. The topological polar surface area (TPSA) is 79.5 Å². The molecular weight excluding hydrogens is 241 g/mol. The second-order valence-corrected chi connectivity index (χ2v) is 3.43. The second-order valence-electron chi connectivity index (χ2n) is 3.43. The van der Waals surface area contributed by atoms with Gasteiger partial charge in [-0.2, -0.15) is 0 Å². The Morgan fingerprint density at radius 2 is 2.06 bits per heavy atom. The molecule has 2 rings (SSSR count). The van der Waals surface area contributed by atoms with E-state index in [-0.39, 0.29) is 17.0 Å². The highest BCUT2D eigenvalue weighted by molar-refractivity contribution is 6.02. The van der Waals surface area contributed by atoms with E-state index in [1.54, 1.807) is 0 Å². The van der Waals surface area contributed by atoms with Crippen LogP contribution in [-0.2, 0) is 0 Å². The van der Waals surface area contributed by atoms with Crippen LogP contribution in [0.25, 0.3) is 0 Å². The van der Waals surface area contributed by atoms with E-state index < -0.39 is 17.7 Å². The van der Waals surface area contributed by atoms with Gasteiger partial charge in [-0.1, -0.05) is 0 Å². The average molecular weight is 249 g/mol. The van der Waals surface area contributed by atoms with Crippen LogP contribution in [-0.4, -0.2) is 17.0 Å². The van der Waals surface area contributed by atoms with Crippen LogP contribution in [0.15, 0.2) is 41.0 Å². The number of aromatic carboxylic acids is 1. The first kappa shape index (κ1) is 11.8. The van der Waals surface area contributed by atoms with Crippen LogP contribution < -0.4 is 5.32 Å². The van der Waals surface area contributed by atoms with Gasteiger partial charge in [-0.3, -0.25) is 4.79 Å². The standard InChI is InChI=1S/C12H8FNO4/c13-8-6-7(12(16)17)3-4-9(8)14-11(15)10-2-1-5-18-10/h1-6H,(H,14,15)(H,16,17). The van der Waals surface area contributed by atoms with Crippen LogP contribution in [0.4, 0.5) is 10.1 Å². The highest BCUT2D eigenvalue weighted by Gasteiger charge is 2.13. The van der Waals surface area contributed by atoms with Gasteiger partial charge in [0.15, 0.2) is 5.76 Å². The smallest absolute Gasteiger partial charge is 0.335 e. The first-order valence-electron chi connectivity index (χ1n) is 4.95. The highest BCUT2D eigenvalue weighted by atomic mass is 19.1. The van der Waals surface area contributed by atoms with Gasteiger partial charge >= 0.3 is 5.97 Å². The number of carboxylic acids is 1. The lowest BCUT2D eigenvalue weighted by Gasteiger charge is -2.05. The summed E-state index contributed by atoms with van der Waals surface area (Å²) in [6, 6.07) is 6.17. The fourth-order valence-electron chi connectivity index (χ4n) is 1.34. The number of furan rings is 1. The molecule has 18 heavy (non-hydrogen) atoms. The van der Waals surface area contributed by atoms with Crippen molar-refractivity contribution in [3.63, 3.8) is 0 Å². The van der Waals surface area contributed by atoms with E-state index in [1.807, 2.05) is 0 Å². The number of carbonyl (C=O) groups excluding carboxylic acids is 1. The molecule has 2 N–H and O–H groups in total. The summed E-state index contributed by atoms with van der Waals surface area (Å²) >= 11 is 0. The molecule has 0 radical (unpaired) electrons. The van der Waals surface area contributed by atoms with Crippen LogP contribution in [0.3, 0.4) is 0 Å². The molecule has 0 spiro atoms. The summed E-state index contributed by atoms with van der Waals surface area (Å²) in [7, 11) is 0. The molecule has 0 saturated carbocycles. The molecule has 92 valence electrons. The molecule has 6 heteroatoms. The molecule has 0 aliphatic rings. The molecule has 0 unspecified atom stereocenters. The maximum Gasteiger partial charge on any atom is 0.335 e. The summed E-state index contributed by atoms with van der Waals surface area (Å²) in [5.74, 6) is -2.63. The number of amides is 1. The van der Waals surface area contributed by atoms with Crippen molar-refractivity contribution in [3.05, 3.63) is 53.7 Å². The second kappa shape index (κ2) is 4.70. The van der Waals surface area contributed by atoms with Crippen LogP contribution in [0, 0.1) is 5.82 Å². The number of hydrogen-bond donors (Lipinski definition) is 2. The third-order valence-electron chi connectivity index (χ3n) is 2.21. The van der Waals surface area contributed by atoms with Crippen molar-refractivity contribution in [2.75, 3.05) is 5.32 Å². The monoisotopic (exact) mass is 249 g/mol. The number of benzene rings is 1. The zero-order valence-electron chi connectivity index (χ0n) is 9.01. The number of carboxylic acid groups (broad SMARTS) is 1. The van der Waals surface area contributed by atoms with Crippen molar-refractivity contribution < 1.29 is 23.5 Å². The molecule has 1 aromatic carbocycles. The lowest BCUT2D eigenvalue weighted by Crippen LogP contribution is -2.12. The minimum Gasteiger partial charge on any atom is -0.478 e. The van der Waals surface area contributed by atoms with Gasteiger partial charge in [0.1, 0.15) is 5.82 Å². The lowest BCUT2D eigenvalue weighted by atomic mass is 10.2. The third-order valence-corrected chi connectivity index (χ3v) is 2.21. The van der Waals surface area contributed by atoms with Gasteiger partial charge in [0, 0.05) is 0 Å². The van der Waals surface area contributed by atoms with Crippen molar-refractivity contribution in [1.82, 2.24) is 0 Å². The van der Waals surface area contributed by atoms with Gasteiger partial charge < -0.3 is 14.8 Å². The van der Waals surface area contributed by atoms with Gasteiger partial charge in [-0.05, 0) is 30.3 Å². The molecule has 0 aliphatic heterocycles. The average Bonchev–Trinajstić information content (AvgIpc) is 2.85. The first-order valence-corrected chi connectivity index (χ1v) is 4.95. The molecule has 2 aromatic rings. The minimum atomic E-state index is -1.24. The summed E-state index contributed by atoms with van der Waals surface area (Å²) in [5, 5.41) is 10.9. The van der Waals surface area contributed by atoms with E-state index in [1.165, 1.54) is 30.5 Å². The van der Waals surface area contributed by atoms with Crippen molar-refractivity contribution >= 4 is 17.6 Å². The van der Waals surface area contributed by atoms with Gasteiger partial charge in [0.2, 0.25) is 0 Å². The summed E-state index contributed by atoms with van der Waals surface area (Å²) in [6.07, 6.45) is 1.32. The highest BCUT2D eigenvalue weighted by Crippen LogP contribution is 2.17. The van der Waals surface area contributed by atoms with E-state index in [0.29, 0.717) is 0 Å². The van der Waals surface area contributed by atoms with Gasteiger partial charge in [0.25, 0.3) is 5.91 Å². The number of rotatable bonds is 3. The lowest BCUT2D eigenvalue weighted by molar-refractivity contribution is 0.0696. The van der Waals surface area contributed by atoms with E-state index in [2.05, 4.69) is 5.32 Å². The van der Waals surface area contributed by atoms with Gasteiger partial charge in [0.05, 0.1) is 17.5 Å². The molecular formula is C12H8FNO4. The fourth-order valence-corrected chi connectivity index (χ4v) is 1.34. The molecule has 1 amide bonds. The predicted molar refractivity (Wildman–Crippen MR) is 60.0 cm³/mol. The Labute approximate surface area is 101 Å². The van der Waals surface area contributed by atoms with E-state index >= 15 is 0 Å². The summed E-state index contributed by atoms with van der Waals surface area (Å²) in [5.41, 5.74) is -0.301. The van der Waals surface area contributed by atoms with E-state index in [4.69, 9.17) is 9.52 Å². The van der Waals surface area contributed by atoms with Crippen LogP contribution in [0.1, 0.15) is 20.9 Å². The van der Waals surface area contributed by atoms with E-state index in [9.17, 15) is 14.0 Å². The van der Waals surface area contributed by atoms with Gasteiger partial charge in [-0.15, -0.1) is 0 Å². The van der Waals surface area contributed by atoms with Gasteiger partial charge in [-0.25, -0.2) is 9.18 Å². The number of anilines is 1. The largest absolute Gasteiger partial charge is 0.478 e. The zero-order chi connectivity index (χ0) is 13.1. The van der Waals surface area contributed by atoms with Crippen molar-refractivity contribution in [2.45, 2.75) is 0 Å². The molecule has 0 aliphatic carbocycles. The summed E-state index contributed by atoms with van der Waals surface area (Å²) in [6.45, 7) is 0. The van der Waals surface area contributed by atoms with Crippen molar-refractivity contribution in [3.8, 4) is 0 Å². The molecule has 1 aromatic heterocycles. The Hall–Kier alpha value is -2.63. The van der Waals surface area contributed by atoms with Crippen LogP contribution in [0.2, 0.25) is 0 Å². The predicted octanol–water partition coefficient (Wildman–Crippen LogP) is 2.37. The number of hydrogen-bond acceptors (Lipinski definition) is 3. The van der Waals surface area contributed by atoms with Crippen molar-refractivity contribution in [2.24, 2.45) is 0 Å².